The lowest BCUT2D eigenvalue weighted by molar-refractivity contribution is -0.123. The van der Waals surface area contributed by atoms with Crippen molar-refractivity contribution >= 4 is 49.2 Å². The van der Waals surface area contributed by atoms with Crippen molar-refractivity contribution in [3.05, 3.63) is 52.3 Å². The molecule has 0 bridgehead atoms. The molecule has 0 saturated carbocycles. The number of benzene rings is 2. The molecule has 2 aliphatic rings. The Morgan fingerprint density at radius 1 is 1.35 bits per heavy atom. The fraction of sp³-hybridized carbons (Fsp3) is 0.263. The number of guanidine groups is 1. The van der Waals surface area contributed by atoms with Gasteiger partial charge in [0.25, 0.3) is 12.1 Å². The molecular weight excluding hydrogens is 493 g/mol. The summed E-state index contributed by atoms with van der Waals surface area (Å²) < 4.78 is 47.1. The summed E-state index contributed by atoms with van der Waals surface area (Å²) >= 11 is 3.35. The molecule has 2 aromatic carbocycles. The van der Waals surface area contributed by atoms with Crippen molar-refractivity contribution in [2.24, 2.45) is 5.73 Å². The molecule has 1 fully saturated rings. The van der Waals surface area contributed by atoms with Gasteiger partial charge < -0.3 is 15.8 Å². The number of anilines is 2. The molecule has 1 saturated heterocycles. The Kier molecular flexibility index (Phi) is 4.89. The number of amides is 1. The van der Waals surface area contributed by atoms with Crippen LogP contribution in [0.5, 0.6) is 5.75 Å². The number of halogens is 2. The molecule has 9 nitrogen and oxygen atoms in total. The third-order valence-corrected chi connectivity index (χ3v) is 7.77. The van der Waals surface area contributed by atoms with Gasteiger partial charge in [0.05, 0.1) is 17.0 Å². The van der Waals surface area contributed by atoms with E-state index in [9.17, 15) is 17.6 Å². The maximum atomic E-state index is 14.9. The highest BCUT2D eigenvalue weighted by atomic mass is 79.9. The van der Waals surface area contributed by atoms with E-state index in [0.717, 1.165) is 8.78 Å². The van der Waals surface area contributed by atoms with E-state index >= 15 is 0 Å². The summed E-state index contributed by atoms with van der Waals surface area (Å²) in [5, 5.41) is 10.7. The predicted molar refractivity (Wildman–Crippen MR) is 116 cm³/mol. The van der Waals surface area contributed by atoms with Crippen LogP contribution in [0.15, 0.2) is 40.9 Å². The monoisotopic (exact) mass is 511 g/mol. The minimum Gasteiger partial charge on any atom is -0.458 e. The van der Waals surface area contributed by atoms with Crippen LogP contribution >= 0.6 is 15.9 Å². The number of ether oxygens (including phenoxy) is 1. The average molecular weight is 512 g/mol. The standard InChI is InChI=1S/C19H19BrFN5O4S/c1-19(9-31(28,29)25(2)18(23)24-19)12-8-11(4-5-13(12)21)26-14-6-3-10(20)7-15(14)30-17(26)16(22)27/h3-8,17H,9H2,1-2H3,(H2,22,27)(H2,23,24)/t17-,19?/m1/s1. The summed E-state index contributed by atoms with van der Waals surface area (Å²) in [6, 6.07) is 9.24. The highest BCUT2D eigenvalue weighted by molar-refractivity contribution is 9.10. The molecule has 164 valence electrons. The summed E-state index contributed by atoms with van der Waals surface area (Å²) in [4.78, 5) is 13.6. The van der Waals surface area contributed by atoms with Gasteiger partial charge in [-0.2, -0.15) is 0 Å². The van der Waals surface area contributed by atoms with E-state index in [1.807, 2.05) is 0 Å². The van der Waals surface area contributed by atoms with Crippen LogP contribution in [0.4, 0.5) is 15.8 Å². The molecule has 2 heterocycles. The summed E-state index contributed by atoms with van der Waals surface area (Å²) in [6.45, 7) is 1.51. The quantitative estimate of drug-likeness (QED) is 0.577. The SMILES string of the molecule is CN1C(=N)NC(C)(c2cc(N3c4ccc(Br)cc4O[C@@H]3C(N)=O)ccc2F)CS1(=O)=O. The number of sulfonamides is 1. The first-order chi connectivity index (χ1) is 14.4. The molecule has 0 radical (unpaired) electrons. The summed E-state index contributed by atoms with van der Waals surface area (Å²) in [5.41, 5.74) is 5.08. The number of hydrogen-bond donors (Lipinski definition) is 3. The number of carbonyl (C=O) groups excluding carboxylic acids is 1. The number of rotatable bonds is 3. The molecular formula is C19H19BrFN5O4S. The van der Waals surface area contributed by atoms with Gasteiger partial charge in [0.15, 0.2) is 0 Å². The van der Waals surface area contributed by atoms with Gasteiger partial charge in [0, 0.05) is 22.8 Å². The van der Waals surface area contributed by atoms with Gasteiger partial charge >= 0.3 is 0 Å². The number of hydrogen-bond acceptors (Lipinski definition) is 6. The zero-order chi connectivity index (χ0) is 22.7. The number of nitrogens with one attached hydrogen (secondary N) is 2. The predicted octanol–water partition coefficient (Wildman–Crippen LogP) is 1.94. The van der Waals surface area contributed by atoms with Crippen LogP contribution in [0.1, 0.15) is 12.5 Å². The zero-order valence-corrected chi connectivity index (χ0v) is 18.9. The van der Waals surface area contributed by atoms with Crippen LogP contribution in [0.25, 0.3) is 0 Å². The number of nitrogens with zero attached hydrogens (tertiary/aromatic N) is 2. The van der Waals surface area contributed by atoms with Crippen LogP contribution in [0, 0.1) is 11.2 Å². The molecule has 0 aliphatic carbocycles. The van der Waals surface area contributed by atoms with E-state index in [4.69, 9.17) is 15.9 Å². The first kappa shape index (κ1) is 21.4. The van der Waals surface area contributed by atoms with Crippen molar-refractivity contribution in [2.45, 2.75) is 18.7 Å². The van der Waals surface area contributed by atoms with Gasteiger partial charge in [-0.15, -0.1) is 0 Å². The Labute approximate surface area is 186 Å². The van der Waals surface area contributed by atoms with Crippen LogP contribution in [0.3, 0.4) is 0 Å². The normalized spacial score (nSPS) is 24.4. The van der Waals surface area contributed by atoms with E-state index in [0.29, 0.717) is 17.1 Å². The smallest absolute Gasteiger partial charge is 0.280 e. The van der Waals surface area contributed by atoms with Crippen molar-refractivity contribution in [3.63, 3.8) is 0 Å². The molecule has 2 aliphatic heterocycles. The van der Waals surface area contributed by atoms with Crippen LogP contribution < -0.4 is 20.7 Å². The molecule has 0 spiro atoms. The molecule has 1 unspecified atom stereocenters. The summed E-state index contributed by atoms with van der Waals surface area (Å²) in [7, 11) is -2.58. The number of nitrogens with two attached hydrogens (primary N) is 1. The molecule has 0 aromatic heterocycles. The molecule has 31 heavy (non-hydrogen) atoms. The van der Waals surface area contributed by atoms with Gasteiger partial charge in [-0.05, 0) is 43.3 Å². The summed E-state index contributed by atoms with van der Waals surface area (Å²) in [5.74, 6) is -1.81. The summed E-state index contributed by atoms with van der Waals surface area (Å²) in [6.07, 6.45) is -1.16. The molecule has 4 rings (SSSR count). The van der Waals surface area contributed by atoms with E-state index in [1.165, 1.54) is 37.1 Å². The Morgan fingerprint density at radius 3 is 2.71 bits per heavy atom. The second-order valence-electron chi connectivity index (χ2n) is 7.55. The minimum absolute atomic E-state index is 0.0280. The number of fused-ring (bicyclic) bond motifs is 1. The molecule has 2 aromatic rings. The Morgan fingerprint density at radius 2 is 2.06 bits per heavy atom. The van der Waals surface area contributed by atoms with Crippen molar-refractivity contribution in [1.29, 1.82) is 5.41 Å². The fourth-order valence-electron chi connectivity index (χ4n) is 3.75. The lowest BCUT2D eigenvalue weighted by Gasteiger charge is -2.40. The molecule has 2 atom stereocenters. The first-order valence-corrected chi connectivity index (χ1v) is 11.5. The van der Waals surface area contributed by atoms with E-state index in [2.05, 4.69) is 21.2 Å². The largest absolute Gasteiger partial charge is 0.458 e. The topological polar surface area (TPSA) is 129 Å². The minimum atomic E-state index is -3.83. The van der Waals surface area contributed by atoms with Crippen LogP contribution in [-0.2, 0) is 20.4 Å². The lowest BCUT2D eigenvalue weighted by Crippen LogP contribution is -2.61. The third-order valence-electron chi connectivity index (χ3n) is 5.32. The van der Waals surface area contributed by atoms with Crippen molar-refractivity contribution in [2.75, 3.05) is 17.7 Å². The van der Waals surface area contributed by atoms with Gasteiger partial charge in [-0.25, -0.2) is 17.1 Å². The maximum Gasteiger partial charge on any atom is 0.280 e. The van der Waals surface area contributed by atoms with Gasteiger partial charge in [0.1, 0.15) is 11.6 Å². The molecule has 1 amide bonds. The maximum absolute atomic E-state index is 14.9. The third kappa shape index (κ3) is 3.49. The molecule has 4 N–H and O–H groups in total. The van der Waals surface area contributed by atoms with Crippen molar-refractivity contribution in [1.82, 2.24) is 9.62 Å². The van der Waals surface area contributed by atoms with Gasteiger partial charge in [0.2, 0.25) is 16.0 Å². The van der Waals surface area contributed by atoms with E-state index in [1.54, 1.807) is 18.2 Å². The van der Waals surface area contributed by atoms with E-state index in [-0.39, 0.29) is 11.5 Å². The average Bonchev–Trinajstić information content (AvgIpc) is 3.05. The van der Waals surface area contributed by atoms with Crippen LogP contribution in [0.2, 0.25) is 0 Å². The lowest BCUT2D eigenvalue weighted by atomic mass is 9.92. The highest BCUT2D eigenvalue weighted by Crippen LogP contribution is 2.44. The van der Waals surface area contributed by atoms with Crippen molar-refractivity contribution < 1.29 is 22.3 Å². The van der Waals surface area contributed by atoms with Crippen LogP contribution in [-0.4, -0.2) is 43.6 Å². The van der Waals surface area contributed by atoms with Crippen molar-refractivity contribution in [3.8, 4) is 5.75 Å². The molecule has 12 heteroatoms. The Balaban J connectivity index is 1.83. The fourth-order valence-corrected chi connectivity index (χ4v) is 5.56. The van der Waals surface area contributed by atoms with Gasteiger partial charge in [-0.1, -0.05) is 15.9 Å². The van der Waals surface area contributed by atoms with E-state index < -0.39 is 39.3 Å². The zero-order valence-electron chi connectivity index (χ0n) is 16.5. The second kappa shape index (κ2) is 7.09. The second-order valence-corrected chi connectivity index (χ2v) is 10.5. The Bertz CT molecular complexity index is 1220. The van der Waals surface area contributed by atoms with Gasteiger partial charge in [-0.3, -0.25) is 15.1 Å². The number of carbonyl (C=O) groups is 1. The highest BCUT2D eigenvalue weighted by Gasteiger charge is 2.44. The first-order valence-electron chi connectivity index (χ1n) is 9.11. The number of primary amides is 1. The Hall–Kier alpha value is -2.86.